The molecule has 0 fully saturated rings. The first-order valence-corrected chi connectivity index (χ1v) is 10.1. The Bertz CT molecular complexity index is 793. The van der Waals surface area contributed by atoms with Crippen LogP contribution in [0.4, 0.5) is 0 Å². The van der Waals surface area contributed by atoms with Gasteiger partial charge in [-0.1, -0.05) is 26.7 Å². The summed E-state index contributed by atoms with van der Waals surface area (Å²) >= 11 is 0. The number of unbranched alkanes of at least 4 members (excludes halogenated alkanes) is 1. The Morgan fingerprint density at radius 3 is 2.82 bits per heavy atom. The van der Waals surface area contributed by atoms with E-state index in [-0.39, 0.29) is 20.3 Å². The summed E-state index contributed by atoms with van der Waals surface area (Å²) in [5.41, 5.74) is 4.23. The van der Waals surface area contributed by atoms with Gasteiger partial charge in [0.1, 0.15) is 5.69 Å². The molecule has 2 aromatic rings. The van der Waals surface area contributed by atoms with Gasteiger partial charge in [-0.15, -0.1) is 0 Å². The molecule has 0 unspecified atom stereocenters. The molecule has 2 aromatic heterocycles. The molecule has 0 amide bonds. The molecule has 2 heterocycles. The van der Waals surface area contributed by atoms with E-state index >= 15 is 0 Å². The zero-order chi connectivity index (χ0) is 19.2. The van der Waals surface area contributed by atoms with Gasteiger partial charge in [-0.05, 0) is 56.3 Å². The molecule has 3 rings (SSSR count). The van der Waals surface area contributed by atoms with Crippen molar-refractivity contribution in [2.45, 2.75) is 58.9 Å². The molecule has 0 atom stereocenters. The molecule has 1 aliphatic rings. The van der Waals surface area contributed by atoms with Gasteiger partial charge in [-0.25, -0.2) is 4.79 Å². The summed E-state index contributed by atoms with van der Waals surface area (Å²) in [7, 11) is 0. The molecule has 0 bridgehead atoms. The first-order chi connectivity index (χ1) is 13.2. The average molecular weight is 378 g/mol. The zero-order valence-corrected chi connectivity index (χ0v) is 17.4. The number of carbonyl (C=O) groups is 1. The van der Waals surface area contributed by atoms with E-state index in [4.69, 9.17) is 0 Å². The number of nitrogens with one attached hydrogen (secondary N) is 1. The van der Waals surface area contributed by atoms with Crippen molar-refractivity contribution in [3.8, 4) is 11.3 Å². The summed E-state index contributed by atoms with van der Waals surface area (Å²) in [5.74, 6) is -0.135. The Labute approximate surface area is 180 Å². The van der Waals surface area contributed by atoms with Crippen molar-refractivity contribution in [3.63, 3.8) is 0 Å². The Hall–Kier alpha value is -1.61. The van der Waals surface area contributed by atoms with Crippen molar-refractivity contribution in [2.75, 3.05) is 13.1 Å². The first kappa shape index (κ1) is 22.7. The van der Waals surface area contributed by atoms with Gasteiger partial charge in [0.05, 0.1) is 5.69 Å². The number of hydrogen-bond acceptors (Lipinski definition) is 4. The molecular weight excluding hydrogens is 347 g/mol. The van der Waals surface area contributed by atoms with E-state index in [2.05, 4.69) is 29.2 Å². The molecule has 0 aromatic carbocycles. The number of carboxylic acid groups (broad SMARTS) is 1. The predicted octanol–water partition coefficient (Wildman–Crippen LogP) is 0.664. The molecule has 0 spiro atoms. The molecule has 0 saturated heterocycles. The standard InChI is InChI=1S/C21H30N4O2.Li.H/c1-3-15(4-2)13-22-10-5-6-12-25-20(21(26)27)18-8-7-16-14-23-11-9-17(16)19(18)24-25;;/h9,11,14-15,22H,3-8,10,12-13H2,1-2H3,(H,26,27);;/q;+1;-1. The van der Waals surface area contributed by atoms with Crippen molar-refractivity contribution in [1.82, 2.24) is 20.1 Å². The molecule has 0 aliphatic heterocycles. The SMILES string of the molecule is CCC(CC)CNCCCCn1nc2c(c1C(=O)O)CCc1cnccc1-2.[H-].[Li+]. The normalized spacial score (nSPS) is 12.4. The molecule has 148 valence electrons. The molecule has 1 aliphatic carbocycles. The summed E-state index contributed by atoms with van der Waals surface area (Å²) in [4.78, 5) is 16.0. The maximum Gasteiger partial charge on any atom is 1.00 e. The van der Waals surface area contributed by atoms with Crippen molar-refractivity contribution >= 4 is 5.97 Å². The summed E-state index contributed by atoms with van der Waals surface area (Å²) in [5, 5.41) is 17.9. The third kappa shape index (κ3) is 5.05. The number of carboxylic acids is 1. The van der Waals surface area contributed by atoms with Gasteiger partial charge in [0.2, 0.25) is 0 Å². The van der Waals surface area contributed by atoms with Crippen LogP contribution in [0.1, 0.15) is 62.6 Å². The van der Waals surface area contributed by atoms with Crippen LogP contribution >= 0.6 is 0 Å². The third-order valence-electron chi connectivity index (χ3n) is 5.62. The molecule has 2 N–H and O–H groups in total. The topological polar surface area (TPSA) is 80.0 Å². The van der Waals surface area contributed by atoms with Crippen LogP contribution in [0.25, 0.3) is 11.3 Å². The molecular formula is C21H31LiN4O2. The van der Waals surface area contributed by atoms with Crippen LogP contribution in [-0.4, -0.2) is 38.9 Å². The van der Waals surface area contributed by atoms with Crippen molar-refractivity contribution in [2.24, 2.45) is 5.92 Å². The Morgan fingerprint density at radius 1 is 1.32 bits per heavy atom. The van der Waals surface area contributed by atoms with Crippen LogP contribution in [-0.2, 0) is 19.4 Å². The maximum absolute atomic E-state index is 11.9. The van der Waals surface area contributed by atoms with Gasteiger partial charge in [0.15, 0.2) is 0 Å². The van der Waals surface area contributed by atoms with E-state index < -0.39 is 5.97 Å². The zero-order valence-electron chi connectivity index (χ0n) is 18.4. The van der Waals surface area contributed by atoms with Crippen LogP contribution in [0.3, 0.4) is 0 Å². The number of pyridine rings is 1. The van der Waals surface area contributed by atoms with Gasteiger partial charge in [-0.2, -0.15) is 5.10 Å². The second-order valence-electron chi connectivity index (χ2n) is 7.33. The number of aromatic nitrogens is 3. The Balaban J connectivity index is 0.00000210. The van der Waals surface area contributed by atoms with Crippen LogP contribution in [0, 0.1) is 5.92 Å². The minimum absolute atomic E-state index is 0. The van der Waals surface area contributed by atoms with Crippen LogP contribution < -0.4 is 24.2 Å². The number of hydrogen-bond donors (Lipinski definition) is 2. The van der Waals surface area contributed by atoms with E-state index in [0.717, 1.165) is 60.7 Å². The van der Waals surface area contributed by atoms with E-state index in [1.54, 1.807) is 10.9 Å². The van der Waals surface area contributed by atoms with Gasteiger partial charge in [0, 0.05) is 30.1 Å². The summed E-state index contributed by atoms with van der Waals surface area (Å²) < 4.78 is 1.70. The monoisotopic (exact) mass is 378 g/mol. The largest absolute Gasteiger partial charge is 1.00 e. The Kier molecular flexibility index (Phi) is 8.75. The van der Waals surface area contributed by atoms with Gasteiger partial charge in [-0.3, -0.25) is 9.67 Å². The van der Waals surface area contributed by atoms with Crippen molar-refractivity contribution in [3.05, 3.63) is 35.3 Å². The van der Waals surface area contributed by atoms with Gasteiger partial charge >= 0.3 is 24.8 Å². The van der Waals surface area contributed by atoms with Gasteiger partial charge in [0.25, 0.3) is 0 Å². The molecule has 28 heavy (non-hydrogen) atoms. The fourth-order valence-corrected chi connectivity index (χ4v) is 3.87. The van der Waals surface area contributed by atoms with E-state index in [1.165, 1.54) is 12.8 Å². The fourth-order valence-electron chi connectivity index (χ4n) is 3.87. The summed E-state index contributed by atoms with van der Waals surface area (Å²) in [6.45, 7) is 7.14. The van der Waals surface area contributed by atoms with E-state index in [1.807, 2.05) is 12.3 Å². The van der Waals surface area contributed by atoms with Crippen LogP contribution in [0.2, 0.25) is 0 Å². The average Bonchev–Trinajstić information content (AvgIpc) is 3.06. The van der Waals surface area contributed by atoms with Crippen molar-refractivity contribution in [1.29, 1.82) is 0 Å². The predicted molar refractivity (Wildman–Crippen MR) is 107 cm³/mol. The fraction of sp³-hybridized carbons (Fsp3) is 0.571. The molecule has 0 radical (unpaired) electrons. The molecule has 7 heteroatoms. The molecule has 0 saturated carbocycles. The maximum atomic E-state index is 11.9. The van der Waals surface area contributed by atoms with Gasteiger partial charge < -0.3 is 11.8 Å². The Morgan fingerprint density at radius 2 is 2.11 bits per heavy atom. The van der Waals surface area contributed by atoms with Crippen molar-refractivity contribution < 1.29 is 30.2 Å². The number of fused-ring (bicyclic) bond motifs is 3. The first-order valence-electron chi connectivity index (χ1n) is 10.1. The van der Waals surface area contributed by atoms with E-state index in [0.29, 0.717) is 18.7 Å². The van der Waals surface area contributed by atoms with Crippen LogP contribution in [0.15, 0.2) is 18.5 Å². The quantitative estimate of drug-likeness (QED) is 0.469. The number of nitrogens with zero attached hydrogens (tertiary/aromatic N) is 3. The minimum atomic E-state index is -0.881. The molecule has 6 nitrogen and oxygen atoms in total. The number of rotatable bonds is 10. The summed E-state index contributed by atoms with van der Waals surface area (Å²) in [6.07, 6.45) is 9.50. The van der Waals surface area contributed by atoms with Crippen LogP contribution in [0.5, 0.6) is 0 Å². The third-order valence-corrected chi connectivity index (χ3v) is 5.62. The van der Waals surface area contributed by atoms with E-state index in [9.17, 15) is 9.90 Å². The number of aromatic carboxylic acids is 1. The minimum Gasteiger partial charge on any atom is -1.00 e. The summed E-state index contributed by atoms with van der Waals surface area (Å²) in [6, 6.07) is 1.94. The smallest absolute Gasteiger partial charge is 1.00 e. The second kappa shape index (κ2) is 10.8. The second-order valence-corrected chi connectivity index (χ2v) is 7.33. The number of aryl methyl sites for hydroxylation is 2.